The maximum absolute atomic E-state index is 13.3. The fourth-order valence-electron chi connectivity index (χ4n) is 2.01. The van der Waals surface area contributed by atoms with Crippen LogP contribution in [0.25, 0.3) is 0 Å². The van der Waals surface area contributed by atoms with Gasteiger partial charge in [0.25, 0.3) is 0 Å². The van der Waals surface area contributed by atoms with Crippen LogP contribution >= 0.6 is 23.2 Å². The number of halogens is 3. The molecule has 0 heterocycles. The largest absolute Gasteiger partial charge is 0.330 e. The Morgan fingerprint density at radius 2 is 1.93 bits per heavy atom. The molecule has 0 aromatic heterocycles. The zero-order chi connectivity index (χ0) is 11.1. The van der Waals surface area contributed by atoms with Crippen LogP contribution in [0, 0.1) is 5.82 Å². The maximum Gasteiger partial charge on any atom is 0.142 e. The van der Waals surface area contributed by atoms with E-state index in [1.807, 2.05) is 0 Å². The first kappa shape index (κ1) is 11.2. The highest BCUT2D eigenvalue weighted by Crippen LogP contribution is 2.53. The highest BCUT2D eigenvalue weighted by atomic mass is 35.5. The molecule has 2 rings (SSSR count). The molecule has 1 nitrogen and oxygen atoms in total. The predicted molar refractivity (Wildman–Crippen MR) is 61.0 cm³/mol. The monoisotopic (exact) mass is 247 g/mol. The molecule has 1 aromatic rings. The second-order valence-electron chi connectivity index (χ2n) is 4.07. The third-order valence-electron chi connectivity index (χ3n) is 3.06. The summed E-state index contributed by atoms with van der Waals surface area (Å²) >= 11 is 11.7. The summed E-state index contributed by atoms with van der Waals surface area (Å²) in [6, 6.07) is 2.93. The molecule has 15 heavy (non-hydrogen) atoms. The highest BCUT2D eigenvalue weighted by molar-refractivity contribution is 6.35. The summed E-state index contributed by atoms with van der Waals surface area (Å²) in [6.45, 7) is 0.598. The van der Waals surface area contributed by atoms with E-state index in [0.717, 1.165) is 24.8 Å². The van der Waals surface area contributed by atoms with E-state index in [9.17, 15) is 4.39 Å². The molecule has 0 saturated heterocycles. The Morgan fingerprint density at radius 3 is 2.47 bits per heavy atom. The van der Waals surface area contributed by atoms with Gasteiger partial charge >= 0.3 is 0 Å². The summed E-state index contributed by atoms with van der Waals surface area (Å²) in [5.74, 6) is -0.403. The van der Waals surface area contributed by atoms with Crippen molar-refractivity contribution in [1.29, 1.82) is 0 Å². The zero-order valence-corrected chi connectivity index (χ0v) is 9.71. The topological polar surface area (TPSA) is 26.0 Å². The molecule has 4 heteroatoms. The Labute approximate surface area is 98.4 Å². The average molecular weight is 248 g/mol. The van der Waals surface area contributed by atoms with Crippen LogP contribution in [0.1, 0.15) is 24.8 Å². The number of rotatable bonds is 3. The van der Waals surface area contributed by atoms with Gasteiger partial charge in [-0.2, -0.15) is 0 Å². The first-order chi connectivity index (χ1) is 7.09. The summed E-state index contributed by atoms with van der Waals surface area (Å²) in [4.78, 5) is 0. The van der Waals surface area contributed by atoms with Crippen molar-refractivity contribution in [2.45, 2.75) is 24.7 Å². The third kappa shape index (κ3) is 1.99. The van der Waals surface area contributed by atoms with Gasteiger partial charge in [0.05, 0.1) is 5.02 Å². The normalized spacial score (nSPS) is 17.9. The highest BCUT2D eigenvalue weighted by Gasteiger charge is 2.44. The molecule has 1 fully saturated rings. The summed E-state index contributed by atoms with van der Waals surface area (Å²) in [5.41, 5.74) is 6.42. The summed E-state index contributed by atoms with van der Waals surface area (Å²) in [5, 5.41) is 0.625. The minimum atomic E-state index is -0.403. The molecule has 82 valence electrons. The van der Waals surface area contributed by atoms with Crippen molar-refractivity contribution in [3.63, 3.8) is 0 Å². The lowest BCUT2D eigenvalue weighted by atomic mass is 9.92. The van der Waals surface area contributed by atoms with E-state index < -0.39 is 5.82 Å². The molecule has 1 aliphatic rings. The van der Waals surface area contributed by atoms with Crippen LogP contribution in [0.2, 0.25) is 10.0 Å². The SMILES string of the molecule is NCCC1(c2cc(F)c(Cl)cc2Cl)CC1. The molecular weight excluding hydrogens is 236 g/mol. The molecule has 1 aromatic carbocycles. The number of nitrogens with two attached hydrogens (primary N) is 1. The van der Waals surface area contributed by atoms with Crippen LogP contribution in [-0.2, 0) is 5.41 Å². The first-order valence-corrected chi connectivity index (χ1v) is 5.70. The van der Waals surface area contributed by atoms with Crippen molar-refractivity contribution in [3.8, 4) is 0 Å². The van der Waals surface area contributed by atoms with Gasteiger partial charge in [-0.25, -0.2) is 4.39 Å². The molecule has 2 N–H and O–H groups in total. The van der Waals surface area contributed by atoms with Crippen LogP contribution in [-0.4, -0.2) is 6.54 Å². The van der Waals surface area contributed by atoms with E-state index in [-0.39, 0.29) is 10.4 Å². The minimum absolute atomic E-state index is 0.0112. The van der Waals surface area contributed by atoms with Gasteiger partial charge < -0.3 is 5.73 Å². The van der Waals surface area contributed by atoms with Gasteiger partial charge in [-0.05, 0) is 48.9 Å². The third-order valence-corrected chi connectivity index (χ3v) is 3.66. The van der Waals surface area contributed by atoms with Crippen LogP contribution in [0.4, 0.5) is 4.39 Å². The molecule has 0 bridgehead atoms. The predicted octanol–water partition coefficient (Wildman–Crippen LogP) is 3.51. The van der Waals surface area contributed by atoms with Gasteiger partial charge in [-0.15, -0.1) is 0 Å². The number of benzene rings is 1. The zero-order valence-electron chi connectivity index (χ0n) is 8.19. The average Bonchev–Trinajstić information content (AvgIpc) is 2.93. The van der Waals surface area contributed by atoms with Gasteiger partial charge in [0.15, 0.2) is 0 Å². The lowest BCUT2D eigenvalue weighted by molar-refractivity contribution is 0.599. The molecular formula is C11H12Cl2FN. The molecule has 1 saturated carbocycles. The van der Waals surface area contributed by atoms with Crippen molar-refractivity contribution in [2.24, 2.45) is 5.73 Å². The van der Waals surface area contributed by atoms with Gasteiger partial charge in [0.2, 0.25) is 0 Å². The smallest absolute Gasteiger partial charge is 0.142 e. The van der Waals surface area contributed by atoms with Gasteiger partial charge in [0, 0.05) is 5.02 Å². The number of hydrogen-bond donors (Lipinski definition) is 1. The van der Waals surface area contributed by atoms with Crippen LogP contribution in [0.15, 0.2) is 12.1 Å². The Hall–Kier alpha value is -0.310. The number of hydrogen-bond acceptors (Lipinski definition) is 1. The summed E-state index contributed by atoms with van der Waals surface area (Å²) in [6.07, 6.45) is 2.92. The standard InChI is InChI=1S/C11H12Cl2FN/c12-8-6-9(13)10(14)5-7(8)11(1-2-11)3-4-15/h5-6H,1-4,15H2. The molecule has 0 amide bonds. The van der Waals surface area contributed by atoms with Gasteiger partial charge in [-0.3, -0.25) is 0 Å². The van der Waals surface area contributed by atoms with Gasteiger partial charge in [-0.1, -0.05) is 23.2 Å². The molecule has 0 spiro atoms. The Bertz CT molecular complexity index is 388. The summed E-state index contributed by atoms with van der Waals surface area (Å²) in [7, 11) is 0. The molecule has 0 unspecified atom stereocenters. The van der Waals surface area contributed by atoms with E-state index in [1.165, 1.54) is 12.1 Å². The van der Waals surface area contributed by atoms with Crippen LogP contribution < -0.4 is 5.73 Å². The Morgan fingerprint density at radius 1 is 1.27 bits per heavy atom. The van der Waals surface area contributed by atoms with E-state index in [0.29, 0.717) is 11.6 Å². The Kier molecular flexibility index (Phi) is 2.93. The molecule has 0 atom stereocenters. The van der Waals surface area contributed by atoms with Crippen LogP contribution in [0.5, 0.6) is 0 Å². The van der Waals surface area contributed by atoms with Crippen molar-refractivity contribution in [2.75, 3.05) is 6.54 Å². The van der Waals surface area contributed by atoms with E-state index in [4.69, 9.17) is 28.9 Å². The van der Waals surface area contributed by atoms with Gasteiger partial charge in [0.1, 0.15) is 5.82 Å². The quantitative estimate of drug-likeness (QED) is 0.814. The van der Waals surface area contributed by atoms with E-state index in [2.05, 4.69) is 0 Å². The second-order valence-corrected chi connectivity index (χ2v) is 4.88. The molecule has 0 radical (unpaired) electrons. The van der Waals surface area contributed by atoms with Crippen molar-refractivity contribution >= 4 is 23.2 Å². The van der Waals surface area contributed by atoms with E-state index in [1.54, 1.807) is 0 Å². The molecule has 0 aliphatic heterocycles. The van der Waals surface area contributed by atoms with E-state index >= 15 is 0 Å². The van der Waals surface area contributed by atoms with Crippen molar-refractivity contribution < 1.29 is 4.39 Å². The fraction of sp³-hybridized carbons (Fsp3) is 0.455. The Balaban J connectivity index is 2.40. The first-order valence-electron chi connectivity index (χ1n) is 4.94. The maximum atomic E-state index is 13.3. The van der Waals surface area contributed by atoms with Crippen molar-refractivity contribution in [3.05, 3.63) is 33.6 Å². The minimum Gasteiger partial charge on any atom is -0.330 e. The summed E-state index contributed by atoms with van der Waals surface area (Å²) < 4.78 is 13.3. The molecule has 1 aliphatic carbocycles. The van der Waals surface area contributed by atoms with Crippen molar-refractivity contribution in [1.82, 2.24) is 0 Å². The second kappa shape index (κ2) is 3.93. The van der Waals surface area contributed by atoms with Crippen LogP contribution in [0.3, 0.4) is 0 Å². The fourth-order valence-corrected chi connectivity index (χ4v) is 2.59. The lowest BCUT2D eigenvalue weighted by Crippen LogP contribution is -2.14. The lowest BCUT2D eigenvalue weighted by Gasteiger charge is -2.16.